The first-order chi connectivity index (χ1) is 27.9. The van der Waals surface area contributed by atoms with Crippen LogP contribution in [0.1, 0.15) is 43.7 Å². The van der Waals surface area contributed by atoms with Crippen molar-refractivity contribution in [3.05, 3.63) is 119 Å². The van der Waals surface area contributed by atoms with Crippen molar-refractivity contribution in [2.24, 2.45) is 5.92 Å². The van der Waals surface area contributed by atoms with Gasteiger partial charge in [-0.05, 0) is 66.4 Å². The molecular formula is C45H52N4O8Si. The predicted molar refractivity (Wildman–Crippen MR) is 225 cm³/mol. The Morgan fingerprint density at radius 3 is 2.36 bits per heavy atom. The molecule has 0 unspecified atom stereocenters. The Kier molecular flexibility index (Phi) is 11.8. The number of rotatable bonds is 15. The fraction of sp³-hybridized carbons (Fsp3) is 0.378. The summed E-state index contributed by atoms with van der Waals surface area (Å²) in [6.45, 7) is 7.19. The molecular weight excluding hydrogens is 753 g/mol. The Morgan fingerprint density at radius 1 is 0.948 bits per heavy atom. The first kappa shape index (κ1) is 40.7. The van der Waals surface area contributed by atoms with Crippen molar-refractivity contribution in [3.63, 3.8) is 0 Å². The number of carbonyl (C=O) groups is 3. The quantitative estimate of drug-likeness (QED) is 0.0787. The van der Waals surface area contributed by atoms with Gasteiger partial charge in [-0.15, -0.1) is 0 Å². The maximum atomic E-state index is 15.3. The number of unbranched alkanes of at least 4 members (excludes halogenated alkanes) is 1. The molecule has 304 valence electrons. The topological polar surface area (TPSA) is 143 Å². The molecule has 1 aromatic heterocycles. The van der Waals surface area contributed by atoms with E-state index in [1.807, 2.05) is 78.9 Å². The Hall–Kier alpha value is -5.50. The van der Waals surface area contributed by atoms with Gasteiger partial charge < -0.3 is 29.1 Å². The van der Waals surface area contributed by atoms with Crippen LogP contribution in [0.25, 0.3) is 16.6 Å². The monoisotopic (exact) mass is 804 g/mol. The first-order valence-electron chi connectivity index (χ1n) is 19.9. The Bertz CT molecular complexity index is 2340. The lowest BCUT2D eigenvalue weighted by Crippen LogP contribution is -2.52. The van der Waals surface area contributed by atoms with Crippen LogP contribution >= 0.6 is 0 Å². The van der Waals surface area contributed by atoms with Crippen molar-refractivity contribution < 1.29 is 33.7 Å². The summed E-state index contributed by atoms with van der Waals surface area (Å²) in [6.07, 6.45) is 0.628. The van der Waals surface area contributed by atoms with Gasteiger partial charge in [-0.1, -0.05) is 79.8 Å². The van der Waals surface area contributed by atoms with Crippen LogP contribution < -0.4 is 20.4 Å². The summed E-state index contributed by atoms with van der Waals surface area (Å²) in [5, 5.41) is 15.0. The number of carbonyl (C=O) groups excluding carboxylic acids is 3. The average molecular weight is 805 g/mol. The van der Waals surface area contributed by atoms with E-state index in [4.69, 9.17) is 14.2 Å². The van der Waals surface area contributed by atoms with E-state index in [2.05, 4.69) is 37.2 Å². The normalized spacial score (nSPS) is 20.1. The molecule has 0 radical (unpaired) electrons. The smallest absolute Gasteiger partial charge is 0.305 e. The van der Waals surface area contributed by atoms with Crippen LogP contribution in [0.3, 0.4) is 0 Å². The molecule has 1 spiro atoms. The number of benzene rings is 4. The summed E-state index contributed by atoms with van der Waals surface area (Å²) in [5.74, 6) is -0.397. The number of amides is 2. The average Bonchev–Trinajstić information content (AvgIpc) is 3.82. The Labute approximate surface area is 339 Å². The third kappa shape index (κ3) is 7.38. The molecule has 7 rings (SSSR count). The fourth-order valence-corrected chi connectivity index (χ4v) is 13.3. The predicted octanol–water partition coefficient (Wildman–Crippen LogP) is 5.64. The van der Waals surface area contributed by atoms with E-state index in [0.29, 0.717) is 53.8 Å². The van der Waals surface area contributed by atoms with E-state index in [1.165, 1.54) is 11.8 Å². The molecule has 12 nitrogen and oxygen atoms in total. The second-order valence-electron chi connectivity index (χ2n) is 15.9. The molecule has 0 saturated carbocycles. The molecule has 4 atom stereocenters. The highest BCUT2D eigenvalue weighted by molar-refractivity contribution is 6.91. The largest absolute Gasteiger partial charge is 0.497 e. The highest BCUT2D eigenvalue weighted by Gasteiger charge is 2.66. The number of fused-ring (bicyclic) bond motifs is 3. The highest BCUT2D eigenvalue weighted by atomic mass is 28.3. The number of nitrogens with zero attached hydrogens (tertiary/aromatic N) is 3. The minimum absolute atomic E-state index is 0.000909. The standard InChI is InChI=1S/C45H52N4O8Si/c1-30-42(58(4,5)34-21-19-33(55-2)20-22-34)39(28-40(51)47(25-26-50)29-31-13-7-6-8-14-31)57-45(30)36-27-32(49-43(53)35-15-9-10-16-37(35)46-49)18-23-38(36)48(44(45)54)24-12-11-17-41(52)56-3/h6-10,13-16,18-23,27,30,39,42,46,50H,11-12,17,24-26,28-29H2,1-5H3/t30-,39+,42-,45+/m1/s1. The van der Waals surface area contributed by atoms with E-state index in [0.717, 1.165) is 16.5 Å². The summed E-state index contributed by atoms with van der Waals surface area (Å²) in [6, 6.07) is 30.6. The molecule has 0 aliphatic carbocycles. The van der Waals surface area contributed by atoms with Crippen molar-refractivity contribution in [2.75, 3.05) is 38.8 Å². The molecule has 1 fully saturated rings. The zero-order valence-electron chi connectivity index (χ0n) is 33.8. The molecule has 5 aromatic rings. The molecule has 4 aromatic carbocycles. The number of para-hydroxylation sites is 1. The molecule has 2 N–H and O–H groups in total. The summed E-state index contributed by atoms with van der Waals surface area (Å²) >= 11 is 0. The van der Waals surface area contributed by atoms with Crippen molar-refractivity contribution in [3.8, 4) is 11.4 Å². The number of methoxy groups -OCH3 is 2. The van der Waals surface area contributed by atoms with Crippen molar-refractivity contribution >= 4 is 47.6 Å². The van der Waals surface area contributed by atoms with Crippen LogP contribution in [-0.2, 0) is 36.0 Å². The fourth-order valence-electron chi connectivity index (χ4n) is 9.26. The third-order valence-electron chi connectivity index (χ3n) is 12.2. The molecule has 1 saturated heterocycles. The second-order valence-corrected chi connectivity index (χ2v) is 20.6. The molecule has 3 heterocycles. The van der Waals surface area contributed by atoms with Gasteiger partial charge in [-0.2, -0.15) is 0 Å². The number of nitrogens with one attached hydrogen (secondary N) is 1. The van der Waals surface area contributed by atoms with Crippen LogP contribution in [0.5, 0.6) is 5.75 Å². The lowest BCUT2D eigenvalue weighted by atomic mass is 9.82. The van der Waals surface area contributed by atoms with Gasteiger partial charge >= 0.3 is 5.97 Å². The molecule has 2 amide bonds. The van der Waals surface area contributed by atoms with Crippen LogP contribution in [0.15, 0.2) is 102 Å². The maximum absolute atomic E-state index is 15.3. The number of H-pyrrole nitrogens is 1. The van der Waals surface area contributed by atoms with Crippen LogP contribution in [0.4, 0.5) is 5.69 Å². The second kappa shape index (κ2) is 16.8. The molecule has 2 aliphatic rings. The molecule has 2 aliphatic heterocycles. The number of ether oxygens (including phenoxy) is 3. The van der Waals surface area contributed by atoms with Crippen LogP contribution in [-0.4, -0.2) is 85.7 Å². The number of aliphatic hydroxyl groups is 1. The van der Waals surface area contributed by atoms with Crippen molar-refractivity contribution in [2.45, 2.75) is 69.5 Å². The van der Waals surface area contributed by atoms with Crippen LogP contribution in [0, 0.1) is 5.92 Å². The van der Waals surface area contributed by atoms with Gasteiger partial charge in [0.15, 0.2) is 5.60 Å². The number of anilines is 1. The SMILES string of the molecule is COC(=O)CCCCN1C(=O)[C@@]2(O[C@@H](CC(=O)N(CCO)Cc3ccccc3)[C@H]([Si](C)(C)c3ccc(OC)cc3)[C@H]2C)c2cc(-n3[nH]c4ccccc4c3=O)ccc21. The van der Waals surface area contributed by atoms with E-state index in [9.17, 15) is 19.5 Å². The Balaban J connectivity index is 1.34. The lowest BCUT2D eigenvalue weighted by Gasteiger charge is -2.37. The number of hydrogen-bond donors (Lipinski definition) is 2. The minimum Gasteiger partial charge on any atom is -0.497 e. The molecule has 13 heteroatoms. The number of hydrogen-bond acceptors (Lipinski definition) is 8. The van der Waals surface area contributed by atoms with Gasteiger partial charge in [0.2, 0.25) is 5.91 Å². The lowest BCUT2D eigenvalue weighted by molar-refractivity contribution is -0.149. The van der Waals surface area contributed by atoms with Crippen molar-refractivity contribution in [1.82, 2.24) is 14.7 Å². The van der Waals surface area contributed by atoms with Gasteiger partial charge in [-0.3, -0.25) is 24.3 Å². The van der Waals surface area contributed by atoms with Gasteiger partial charge in [0, 0.05) is 37.5 Å². The van der Waals surface area contributed by atoms with Crippen LogP contribution in [0.2, 0.25) is 18.6 Å². The maximum Gasteiger partial charge on any atom is 0.305 e. The molecule has 0 bridgehead atoms. The summed E-state index contributed by atoms with van der Waals surface area (Å²) in [7, 11) is 0.382. The number of aromatic amines is 1. The number of aromatic nitrogens is 2. The van der Waals surface area contributed by atoms with Crippen molar-refractivity contribution in [1.29, 1.82) is 0 Å². The zero-order valence-corrected chi connectivity index (χ0v) is 34.8. The zero-order chi connectivity index (χ0) is 41.2. The van der Waals surface area contributed by atoms with E-state index >= 15 is 4.79 Å². The van der Waals surface area contributed by atoms with Gasteiger partial charge in [-0.25, -0.2) is 4.68 Å². The highest BCUT2D eigenvalue weighted by Crippen LogP contribution is 2.60. The Morgan fingerprint density at radius 2 is 1.67 bits per heavy atom. The third-order valence-corrected chi connectivity index (χ3v) is 16.6. The first-order valence-corrected chi connectivity index (χ1v) is 23.0. The van der Waals surface area contributed by atoms with E-state index in [-0.39, 0.29) is 54.9 Å². The van der Waals surface area contributed by atoms with Gasteiger partial charge in [0.25, 0.3) is 11.5 Å². The summed E-state index contributed by atoms with van der Waals surface area (Å²) < 4.78 is 19.1. The van der Waals surface area contributed by atoms with E-state index < -0.39 is 25.7 Å². The summed E-state index contributed by atoms with van der Waals surface area (Å²) in [5.41, 5.74) is 1.55. The number of aliphatic hydroxyl groups excluding tert-OH is 1. The van der Waals surface area contributed by atoms with Gasteiger partial charge in [0.1, 0.15) is 5.75 Å². The molecule has 58 heavy (non-hydrogen) atoms. The van der Waals surface area contributed by atoms with E-state index in [1.54, 1.807) is 23.0 Å². The minimum atomic E-state index is -2.61. The number of esters is 1. The van der Waals surface area contributed by atoms with Gasteiger partial charge in [0.05, 0.1) is 63.7 Å². The summed E-state index contributed by atoms with van der Waals surface area (Å²) in [4.78, 5) is 58.9.